The topological polar surface area (TPSA) is 70.9 Å². The Kier molecular flexibility index (Phi) is 6.14. The van der Waals surface area contributed by atoms with Crippen molar-refractivity contribution in [2.24, 2.45) is 4.99 Å². The van der Waals surface area contributed by atoms with Gasteiger partial charge in [-0.05, 0) is 50.2 Å². The summed E-state index contributed by atoms with van der Waals surface area (Å²) in [6, 6.07) is 16.2. The number of anilines is 1. The fraction of sp³-hybridized carbons (Fsp3) is 0.158. The Balaban J connectivity index is 2.11. The molecule has 0 spiro atoms. The van der Waals surface area contributed by atoms with Crippen LogP contribution >= 0.6 is 0 Å². The second-order valence-corrected chi connectivity index (χ2v) is 5.00. The van der Waals surface area contributed by atoms with Gasteiger partial charge in [0.15, 0.2) is 0 Å². The highest BCUT2D eigenvalue weighted by Crippen LogP contribution is 2.18. The van der Waals surface area contributed by atoms with Gasteiger partial charge >= 0.3 is 0 Å². The second kappa shape index (κ2) is 8.53. The van der Waals surface area contributed by atoms with Gasteiger partial charge in [0.2, 0.25) is 0 Å². The van der Waals surface area contributed by atoms with Gasteiger partial charge in [-0.15, -0.1) is 0 Å². The van der Waals surface area contributed by atoms with Gasteiger partial charge in [0, 0.05) is 11.9 Å². The number of rotatable bonds is 6. The van der Waals surface area contributed by atoms with Crippen molar-refractivity contribution in [2.45, 2.75) is 13.8 Å². The molecule has 5 heteroatoms. The number of ether oxygens (including phenoxy) is 1. The van der Waals surface area contributed by atoms with Crippen LogP contribution in [-0.4, -0.2) is 23.8 Å². The summed E-state index contributed by atoms with van der Waals surface area (Å²) in [5.41, 5.74) is 1.41. The molecule has 0 aromatic heterocycles. The Morgan fingerprint density at radius 1 is 1.17 bits per heavy atom. The predicted octanol–water partition coefficient (Wildman–Crippen LogP) is 4.26. The number of hydrogen-bond acceptors (Lipinski definition) is 4. The smallest absolute Gasteiger partial charge is 0.260 e. The van der Waals surface area contributed by atoms with Crippen molar-refractivity contribution < 1.29 is 14.6 Å². The Morgan fingerprint density at radius 3 is 2.42 bits per heavy atom. The van der Waals surface area contributed by atoms with Crippen molar-refractivity contribution >= 4 is 23.5 Å². The average Bonchev–Trinajstić information content (AvgIpc) is 2.57. The van der Waals surface area contributed by atoms with Gasteiger partial charge in [0.1, 0.15) is 11.5 Å². The zero-order valence-electron chi connectivity index (χ0n) is 13.7. The maximum atomic E-state index is 12.3. The number of nitrogens with zero attached hydrogens (tertiary/aromatic N) is 1. The number of allylic oxidation sites excluding steroid dienone is 1. The van der Waals surface area contributed by atoms with E-state index in [0.717, 1.165) is 5.75 Å². The minimum Gasteiger partial charge on any atom is -0.512 e. The summed E-state index contributed by atoms with van der Waals surface area (Å²) in [4.78, 5) is 16.5. The van der Waals surface area contributed by atoms with Gasteiger partial charge in [-0.3, -0.25) is 9.79 Å². The molecule has 0 saturated carbocycles. The summed E-state index contributed by atoms with van der Waals surface area (Å²) < 4.78 is 5.36. The third kappa shape index (κ3) is 4.98. The Hall–Kier alpha value is -3.08. The molecule has 24 heavy (non-hydrogen) atoms. The van der Waals surface area contributed by atoms with Gasteiger partial charge in [-0.2, -0.15) is 0 Å². The molecule has 0 radical (unpaired) electrons. The van der Waals surface area contributed by atoms with Crippen molar-refractivity contribution in [1.82, 2.24) is 0 Å². The Bertz CT molecular complexity index is 731. The van der Waals surface area contributed by atoms with Crippen LogP contribution in [0.1, 0.15) is 13.8 Å². The van der Waals surface area contributed by atoms with Crippen LogP contribution in [0.4, 0.5) is 11.4 Å². The molecule has 5 nitrogen and oxygen atoms in total. The highest BCUT2D eigenvalue weighted by Gasteiger charge is 2.11. The maximum absolute atomic E-state index is 12.3. The zero-order chi connectivity index (χ0) is 17.4. The molecule has 2 aromatic carbocycles. The fourth-order valence-corrected chi connectivity index (χ4v) is 1.97. The number of benzene rings is 2. The second-order valence-electron chi connectivity index (χ2n) is 5.00. The third-order valence-electron chi connectivity index (χ3n) is 3.16. The highest BCUT2D eigenvalue weighted by molar-refractivity contribution is 6.18. The van der Waals surface area contributed by atoms with Gasteiger partial charge in [0.25, 0.3) is 5.91 Å². The lowest BCUT2D eigenvalue weighted by Crippen LogP contribution is -2.16. The van der Waals surface area contributed by atoms with Crippen LogP contribution < -0.4 is 10.1 Å². The van der Waals surface area contributed by atoms with Crippen LogP contribution in [0.2, 0.25) is 0 Å². The number of aliphatic hydroxyl groups excluding tert-OH is 1. The van der Waals surface area contributed by atoms with Crippen molar-refractivity contribution in [3.8, 4) is 5.75 Å². The summed E-state index contributed by atoms with van der Waals surface area (Å²) in [5.74, 6) is 0.237. The molecule has 0 fully saturated rings. The van der Waals surface area contributed by atoms with Gasteiger partial charge < -0.3 is 15.2 Å². The summed E-state index contributed by atoms with van der Waals surface area (Å²) in [6.07, 6.45) is 1.35. The van der Waals surface area contributed by atoms with Gasteiger partial charge in [0.05, 0.1) is 17.9 Å². The standard InChI is InChI=1S/C19H20N2O3/c1-3-24-17-11-9-15(10-12-17)20-13-18(14(2)22)19(23)21-16-7-5-4-6-8-16/h4-13,22H,3H2,1-2H3,(H,21,23)/b18-14+,20-13?. The molecular formula is C19H20N2O3. The zero-order valence-corrected chi connectivity index (χ0v) is 13.7. The largest absolute Gasteiger partial charge is 0.512 e. The molecule has 0 aliphatic heterocycles. The van der Waals surface area contributed by atoms with Crippen LogP contribution in [0.5, 0.6) is 5.75 Å². The molecule has 1 amide bonds. The number of aliphatic imine (C=N–C) groups is 1. The normalized spacial score (nSPS) is 11.9. The fourth-order valence-electron chi connectivity index (χ4n) is 1.97. The van der Waals surface area contributed by atoms with Crippen LogP contribution in [0, 0.1) is 0 Å². The Labute approximate surface area is 141 Å². The summed E-state index contributed by atoms with van der Waals surface area (Å²) in [6.45, 7) is 3.96. The first-order valence-electron chi connectivity index (χ1n) is 7.63. The first kappa shape index (κ1) is 17.3. The summed E-state index contributed by atoms with van der Waals surface area (Å²) in [7, 11) is 0. The minimum atomic E-state index is -0.420. The molecule has 0 unspecified atom stereocenters. The monoisotopic (exact) mass is 324 g/mol. The van der Waals surface area contributed by atoms with Crippen LogP contribution in [0.25, 0.3) is 0 Å². The van der Waals surface area contributed by atoms with Gasteiger partial charge in [-0.25, -0.2) is 0 Å². The first-order chi connectivity index (χ1) is 11.6. The van der Waals surface area contributed by atoms with E-state index in [9.17, 15) is 9.90 Å². The number of carbonyl (C=O) groups excluding carboxylic acids is 1. The van der Waals surface area contributed by atoms with Crippen molar-refractivity contribution in [3.63, 3.8) is 0 Å². The number of para-hydroxylation sites is 1. The van der Waals surface area contributed by atoms with E-state index in [0.29, 0.717) is 18.0 Å². The third-order valence-corrected chi connectivity index (χ3v) is 3.16. The lowest BCUT2D eigenvalue weighted by Gasteiger charge is -2.06. The molecule has 2 aromatic rings. The molecule has 2 N–H and O–H groups in total. The number of aliphatic hydroxyl groups is 1. The molecule has 2 rings (SSSR count). The number of hydrogen-bond donors (Lipinski definition) is 2. The number of nitrogens with one attached hydrogen (secondary N) is 1. The van der Waals surface area contributed by atoms with E-state index in [1.807, 2.05) is 25.1 Å². The van der Waals surface area contributed by atoms with Crippen molar-refractivity contribution in [2.75, 3.05) is 11.9 Å². The van der Waals surface area contributed by atoms with E-state index in [1.54, 1.807) is 36.4 Å². The van der Waals surface area contributed by atoms with E-state index in [-0.39, 0.29) is 11.3 Å². The minimum absolute atomic E-state index is 0.0990. The molecule has 0 aliphatic carbocycles. The SMILES string of the molecule is CCOc1ccc(N=C/C(C(=O)Nc2ccccc2)=C(/C)O)cc1. The molecular weight excluding hydrogens is 304 g/mol. The summed E-state index contributed by atoms with van der Waals surface area (Å²) >= 11 is 0. The van der Waals surface area contributed by atoms with Gasteiger partial charge in [-0.1, -0.05) is 18.2 Å². The number of amides is 1. The molecule has 0 saturated heterocycles. The molecule has 0 atom stereocenters. The molecule has 0 heterocycles. The molecule has 124 valence electrons. The molecule has 0 bridgehead atoms. The van der Waals surface area contributed by atoms with Crippen LogP contribution in [-0.2, 0) is 4.79 Å². The predicted molar refractivity (Wildman–Crippen MR) is 96.2 cm³/mol. The van der Waals surface area contributed by atoms with E-state index in [2.05, 4.69) is 10.3 Å². The lowest BCUT2D eigenvalue weighted by atomic mass is 10.2. The maximum Gasteiger partial charge on any atom is 0.260 e. The van der Waals surface area contributed by atoms with Crippen molar-refractivity contribution in [1.29, 1.82) is 0 Å². The lowest BCUT2D eigenvalue weighted by molar-refractivity contribution is -0.112. The first-order valence-corrected chi connectivity index (χ1v) is 7.63. The van der Waals surface area contributed by atoms with E-state index in [4.69, 9.17) is 4.74 Å². The quantitative estimate of drug-likeness (QED) is 0.474. The van der Waals surface area contributed by atoms with Crippen LogP contribution in [0.15, 0.2) is 70.9 Å². The van der Waals surface area contributed by atoms with E-state index in [1.165, 1.54) is 13.1 Å². The van der Waals surface area contributed by atoms with Crippen LogP contribution in [0.3, 0.4) is 0 Å². The number of carbonyl (C=O) groups is 1. The highest BCUT2D eigenvalue weighted by atomic mass is 16.5. The van der Waals surface area contributed by atoms with Crippen molar-refractivity contribution in [3.05, 3.63) is 65.9 Å². The average molecular weight is 324 g/mol. The van der Waals surface area contributed by atoms with E-state index < -0.39 is 5.91 Å². The Morgan fingerprint density at radius 2 is 1.83 bits per heavy atom. The van der Waals surface area contributed by atoms with E-state index >= 15 is 0 Å². The molecule has 0 aliphatic rings. The summed E-state index contributed by atoms with van der Waals surface area (Å²) in [5, 5.41) is 12.5.